The number of aliphatic carboxylic acids is 1. The fourth-order valence-electron chi connectivity index (χ4n) is 3.16. The number of rotatable bonds is 14. The van der Waals surface area contributed by atoms with Gasteiger partial charge in [0.2, 0.25) is 0 Å². The summed E-state index contributed by atoms with van der Waals surface area (Å²) in [4.78, 5) is 10.6. The van der Waals surface area contributed by atoms with Gasteiger partial charge in [-0.3, -0.25) is 0 Å². The Morgan fingerprint density at radius 3 is 2.39 bits per heavy atom. The summed E-state index contributed by atoms with van der Waals surface area (Å²) in [6.07, 6.45) is 6.34. The van der Waals surface area contributed by atoms with Crippen LogP contribution < -0.4 is 5.32 Å². The highest BCUT2D eigenvalue weighted by atomic mass is 19.4. The number of unbranched alkanes of at least 4 members (excludes halogenated alkanes) is 5. The van der Waals surface area contributed by atoms with E-state index in [1.165, 1.54) is 19.3 Å². The zero-order chi connectivity index (χ0) is 23.0. The number of carboxylic acid groups (broad SMARTS) is 1. The zero-order valence-corrected chi connectivity index (χ0v) is 18.3. The maximum absolute atomic E-state index is 12.1. The molecule has 1 unspecified atom stereocenters. The van der Waals surface area contributed by atoms with Crippen LogP contribution in [0.15, 0.2) is 30.3 Å². The van der Waals surface area contributed by atoms with Gasteiger partial charge in [0, 0.05) is 37.1 Å². The van der Waals surface area contributed by atoms with Crippen molar-refractivity contribution in [2.75, 3.05) is 5.32 Å². The fraction of sp³-hybridized carbons (Fsp3) is 0.560. The van der Waals surface area contributed by atoms with Gasteiger partial charge in [-0.05, 0) is 49.5 Å². The molecule has 0 aliphatic heterocycles. The van der Waals surface area contributed by atoms with Crippen molar-refractivity contribution in [1.29, 1.82) is 0 Å². The molecule has 0 spiro atoms. The number of nitrogens with one attached hydrogen (secondary N) is 1. The maximum Gasteiger partial charge on any atom is 0.389 e. The highest BCUT2D eigenvalue weighted by molar-refractivity contribution is 5.85. The number of hydrogen-bond acceptors (Lipinski definition) is 2. The SMILES string of the molecule is CCCCCCC(CCC#CCCCCC(F)(F)F)Nc1ccc(C=CC(=O)O)cc1. The number of benzene rings is 1. The van der Waals surface area contributed by atoms with Gasteiger partial charge in [0.1, 0.15) is 0 Å². The minimum absolute atomic E-state index is 0.136. The second kappa shape index (κ2) is 15.4. The lowest BCUT2D eigenvalue weighted by molar-refractivity contribution is -0.135. The fourth-order valence-corrected chi connectivity index (χ4v) is 3.16. The number of alkyl halides is 3. The van der Waals surface area contributed by atoms with Gasteiger partial charge in [-0.1, -0.05) is 44.7 Å². The molecule has 31 heavy (non-hydrogen) atoms. The lowest BCUT2D eigenvalue weighted by Gasteiger charge is -2.19. The zero-order valence-electron chi connectivity index (χ0n) is 18.3. The molecule has 1 aromatic rings. The first-order valence-electron chi connectivity index (χ1n) is 11.1. The molecule has 1 rings (SSSR count). The molecule has 0 saturated carbocycles. The number of carbonyl (C=O) groups is 1. The van der Waals surface area contributed by atoms with Crippen LogP contribution in [0.2, 0.25) is 0 Å². The van der Waals surface area contributed by atoms with Gasteiger partial charge in [0.05, 0.1) is 0 Å². The van der Waals surface area contributed by atoms with Crippen molar-refractivity contribution in [3.05, 3.63) is 35.9 Å². The Morgan fingerprint density at radius 2 is 1.74 bits per heavy atom. The topological polar surface area (TPSA) is 49.3 Å². The van der Waals surface area contributed by atoms with Crippen LogP contribution >= 0.6 is 0 Å². The predicted octanol–water partition coefficient (Wildman–Crippen LogP) is 7.44. The summed E-state index contributed by atoms with van der Waals surface area (Å²) in [5, 5.41) is 12.3. The molecule has 0 aromatic heterocycles. The molecule has 0 radical (unpaired) electrons. The predicted molar refractivity (Wildman–Crippen MR) is 121 cm³/mol. The summed E-state index contributed by atoms with van der Waals surface area (Å²) in [7, 11) is 0. The van der Waals surface area contributed by atoms with E-state index in [1.54, 1.807) is 6.08 Å². The van der Waals surface area contributed by atoms with Crippen LogP contribution in [0.3, 0.4) is 0 Å². The van der Waals surface area contributed by atoms with E-state index >= 15 is 0 Å². The Morgan fingerprint density at radius 1 is 1.03 bits per heavy atom. The Bertz CT molecular complexity index is 715. The number of anilines is 1. The van der Waals surface area contributed by atoms with Crippen molar-refractivity contribution in [2.24, 2.45) is 0 Å². The van der Waals surface area contributed by atoms with E-state index in [2.05, 4.69) is 24.1 Å². The molecular weight excluding hydrogens is 403 g/mol. The Balaban J connectivity index is 2.49. The molecule has 2 N–H and O–H groups in total. The molecule has 6 heteroatoms. The second-order valence-corrected chi connectivity index (χ2v) is 7.70. The van der Waals surface area contributed by atoms with E-state index in [1.807, 2.05) is 24.3 Å². The molecule has 0 heterocycles. The number of carboxylic acids is 1. The minimum Gasteiger partial charge on any atom is -0.478 e. The Hall–Kier alpha value is -2.42. The summed E-state index contributed by atoms with van der Waals surface area (Å²) >= 11 is 0. The first kappa shape index (κ1) is 26.6. The molecule has 172 valence electrons. The third-order valence-corrected chi connectivity index (χ3v) is 4.86. The molecule has 0 aliphatic carbocycles. The van der Waals surface area contributed by atoms with Crippen molar-refractivity contribution >= 4 is 17.7 Å². The van der Waals surface area contributed by atoms with Crippen LogP contribution in [0.5, 0.6) is 0 Å². The van der Waals surface area contributed by atoms with Crippen LogP contribution in [0, 0.1) is 11.8 Å². The molecule has 0 bridgehead atoms. The second-order valence-electron chi connectivity index (χ2n) is 7.70. The Kier molecular flexibility index (Phi) is 13.2. The van der Waals surface area contributed by atoms with Gasteiger partial charge in [-0.25, -0.2) is 4.79 Å². The molecule has 3 nitrogen and oxygen atoms in total. The largest absolute Gasteiger partial charge is 0.478 e. The van der Waals surface area contributed by atoms with E-state index < -0.39 is 18.6 Å². The molecule has 0 saturated heterocycles. The van der Waals surface area contributed by atoms with E-state index in [-0.39, 0.29) is 12.5 Å². The van der Waals surface area contributed by atoms with Gasteiger partial charge < -0.3 is 10.4 Å². The molecule has 0 aliphatic rings. The van der Waals surface area contributed by atoms with E-state index in [4.69, 9.17) is 5.11 Å². The smallest absolute Gasteiger partial charge is 0.389 e. The summed E-state index contributed by atoms with van der Waals surface area (Å²) in [5.74, 6) is 5.12. The first-order valence-corrected chi connectivity index (χ1v) is 11.1. The average Bonchev–Trinajstić information content (AvgIpc) is 2.71. The normalized spacial score (nSPS) is 12.4. The highest BCUT2D eigenvalue weighted by Gasteiger charge is 2.25. The van der Waals surface area contributed by atoms with Gasteiger partial charge in [0.25, 0.3) is 0 Å². The molecule has 0 amide bonds. The van der Waals surface area contributed by atoms with Gasteiger partial charge in [0.15, 0.2) is 0 Å². The number of hydrogen-bond donors (Lipinski definition) is 2. The summed E-state index contributed by atoms with van der Waals surface area (Å²) < 4.78 is 36.4. The van der Waals surface area contributed by atoms with Crippen molar-refractivity contribution in [1.82, 2.24) is 0 Å². The lowest BCUT2D eigenvalue weighted by Crippen LogP contribution is -2.19. The quantitative estimate of drug-likeness (QED) is 0.181. The standard InChI is InChI=1S/C25H34F3NO2/c1-2-3-4-9-12-22(13-10-7-5-6-8-11-20-25(26,27)28)29-23-17-14-21(15-18-23)16-19-24(30)31/h14-19,22,29H,2-4,6,8-13,20H2,1H3,(H,30,31). The minimum atomic E-state index is -4.07. The molecule has 0 fully saturated rings. The maximum atomic E-state index is 12.1. The van der Waals surface area contributed by atoms with E-state index in [9.17, 15) is 18.0 Å². The summed E-state index contributed by atoms with van der Waals surface area (Å²) in [5.41, 5.74) is 1.80. The molecule has 1 atom stereocenters. The van der Waals surface area contributed by atoms with Crippen LogP contribution in [0.4, 0.5) is 18.9 Å². The highest BCUT2D eigenvalue weighted by Crippen LogP contribution is 2.22. The summed E-state index contributed by atoms with van der Waals surface area (Å²) in [6.45, 7) is 2.18. The van der Waals surface area contributed by atoms with Crippen molar-refractivity contribution in [2.45, 2.75) is 89.8 Å². The van der Waals surface area contributed by atoms with Gasteiger partial charge >= 0.3 is 12.1 Å². The van der Waals surface area contributed by atoms with Crippen LogP contribution in [0.25, 0.3) is 6.08 Å². The first-order chi connectivity index (χ1) is 14.8. The molecule has 1 aromatic carbocycles. The van der Waals surface area contributed by atoms with E-state index in [0.29, 0.717) is 19.3 Å². The van der Waals surface area contributed by atoms with Crippen molar-refractivity contribution < 1.29 is 23.1 Å². The van der Waals surface area contributed by atoms with Crippen molar-refractivity contribution in [3.8, 4) is 11.8 Å². The average molecular weight is 438 g/mol. The van der Waals surface area contributed by atoms with Crippen LogP contribution in [0.1, 0.15) is 83.1 Å². The third-order valence-electron chi connectivity index (χ3n) is 4.86. The van der Waals surface area contributed by atoms with Crippen LogP contribution in [-0.2, 0) is 4.79 Å². The third kappa shape index (κ3) is 15.1. The van der Waals surface area contributed by atoms with Crippen molar-refractivity contribution in [3.63, 3.8) is 0 Å². The van der Waals surface area contributed by atoms with Gasteiger partial charge in [-0.15, -0.1) is 11.8 Å². The lowest BCUT2D eigenvalue weighted by atomic mass is 10.0. The van der Waals surface area contributed by atoms with Crippen LogP contribution in [-0.4, -0.2) is 23.3 Å². The molecular formula is C25H34F3NO2. The van der Waals surface area contributed by atoms with E-state index in [0.717, 1.165) is 36.6 Å². The monoisotopic (exact) mass is 437 g/mol. The summed E-state index contributed by atoms with van der Waals surface area (Å²) in [6, 6.07) is 7.89. The van der Waals surface area contributed by atoms with Gasteiger partial charge in [-0.2, -0.15) is 13.2 Å². The Labute approximate surface area is 184 Å². The number of halogens is 3.